The van der Waals surface area contributed by atoms with E-state index in [-0.39, 0.29) is 12.1 Å². The van der Waals surface area contributed by atoms with Crippen LogP contribution in [0.15, 0.2) is 12.7 Å². The molecule has 0 unspecified atom stereocenters. The fourth-order valence-electron chi connectivity index (χ4n) is 2.16. The zero-order valence-corrected chi connectivity index (χ0v) is 14.0. The van der Waals surface area contributed by atoms with Gasteiger partial charge < -0.3 is 5.32 Å². The predicted molar refractivity (Wildman–Crippen MR) is 87.1 cm³/mol. The van der Waals surface area contributed by atoms with Gasteiger partial charge >= 0.3 is 6.03 Å². The Hall–Kier alpha value is -1.96. The van der Waals surface area contributed by atoms with E-state index in [0.717, 1.165) is 25.0 Å². The Morgan fingerprint density at radius 3 is 2.91 bits per heavy atom. The summed E-state index contributed by atoms with van der Waals surface area (Å²) in [6, 6.07) is -0.297. The summed E-state index contributed by atoms with van der Waals surface area (Å²) in [5, 5.41) is 10.4. The number of hydrogen-bond acceptors (Lipinski definition) is 5. The summed E-state index contributed by atoms with van der Waals surface area (Å²) < 4.78 is 1.68. The van der Waals surface area contributed by atoms with Crippen LogP contribution in [0, 0.1) is 0 Å². The van der Waals surface area contributed by atoms with Crippen molar-refractivity contribution >= 4 is 22.5 Å². The van der Waals surface area contributed by atoms with Crippen molar-refractivity contribution in [3.63, 3.8) is 0 Å². The smallest absolute Gasteiger partial charge is 0.321 e. The summed E-state index contributed by atoms with van der Waals surface area (Å²) in [6.45, 7) is 6.73. The van der Waals surface area contributed by atoms with Gasteiger partial charge in [0.2, 0.25) is 0 Å². The average Bonchev–Trinajstić information content (AvgIpc) is 3.08. The van der Waals surface area contributed by atoms with Gasteiger partial charge in [0.25, 0.3) is 0 Å². The molecule has 0 aromatic carbocycles. The van der Waals surface area contributed by atoms with E-state index in [2.05, 4.69) is 39.5 Å². The second-order valence-corrected chi connectivity index (χ2v) is 6.19. The third kappa shape index (κ3) is 4.52. The Labute approximate surface area is 134 Å². The number of thiazole rings is 1. The molecule has 8 heteroatoms. The molecule has 120 valence electrons. The molecule has 7 nitrogen and oxygen atoms in total. The highest BCUT2D eigenvalue weighted by molar-refractivity contribution is 7.15. The summed E-state index contributed by atoms with van der Waals surface area (Å²) >= 11 is 1.55. The maximum Gasteiger partial charge on any atom is 0.321 e. The quantitative estimate of drug-likeness (QED) is 0.820. The molecule has 2 aromatic rings. The lowest BCUT2D eigenvalue weighted by Crippen LogP contribution is -2.38. The van der Waals surface area contributed by atoms with Crippen molar-refractivity contribution in [2.45, 2.75) is 52.6 Å². The minimum absolute atomic E-state index is 0.0533. The first-order valence-corrected chi connectivity index (χ1v) is 8.32. The summed E-state index contributed by atoms with van der Waals surface area (Å²) in [7, 11) is 0. The Kier molecular flexibility index (Phi) is 5.88. The number of carbonyl (C=O) groups excluding carboxylic acids is 1. The molecule has 0 fully saturated rings. The molecule has 0 radical (unpaired) electrons. The standard InChI is InChI=1S/C14H22N6OS/c1-4-6-11-12(5-2)22-14(18-11)19-13(21)17-10(3)7-20-9-15-8-16-20/h8-10H,4-7H2,1-3H3,(H2,17,18,19,21)/t10-/m1/s1. The molecule has 0 aliphatic heterocycles. The van der Waals surface area contributed by atoms with Crippen LogP contribution in [0.1, 0.15) is 37.8 Å². The van der Waals surface area contributed by atoms with Gasteiger partial charge in [-0.15, -0.1) is 11.3 Å². The molecule has 1 atom stereocenters. The van der Waals surface area contributed by atoms with Crippen LogP contribution in [0.4, 0.5) is 9.93 Å². The van der Waals surface area contributed by atoms with E-state index in [0.29, 0.717) is 11.7 Å². The van der Waals surface area contributed by atoms with E-state index in [4.69, 9.17) is 0 Å². The molecule has 2 amide bonds. The number of aryl methyl sites for hydroxylation is 2. The fraction of sp³-hybridized carbons (Fsp3) is 0.571. The van der Waals surface area contributed by atoms with Gasteiger partial charge in [0.15, 0.2) is 5.13 Å². The van der Waals surface area contributed by atoms with Crippen LogP contribution < -0.4 is 10.6 Å². The van der Waals surface area contributed by atoms with Crippen molar-refractivity contribution in [3.05, 3.63) is 23.2 Å². The number of aromatic nitrogens is 4. The normalized spacial score (nSPS) is 12.1. The Morgan fingerprint density at radius 2 is 2.27 bits per heavy atom. The molecule has 2 rings (SSSR count). The molecular weight excluding hydrogens is 300 g/mol. The summed E-state index contributed by atoms with van der Waals surface area (Å²) in [6.07, 6.45) is 6.05. The zero-order valence-electron chi connectivity index (χ0n) is 13.2. The second kappa shape index (κ2) is 7.88. The van der Waals surface area contributed by atoms with Crippen molar-refractivity contribution in [2.24, 2.45) is 0 Å². The van der Waals surface area contributed by atoms with E-state index < -0.39 is 0 Å². The fourth-order valence-corrected chi connectivity index (χ4v) is 3.10. The van der Waals surface area contributed by atoms with Gasteiger partial charge in [-0.05, 0) is 19.8 Å². The molecule has 2 aromatic heterocycles. The number of rotatable bonds is 7. The van der Waals surface area contributed by atoms with E-state index in [1.54, 1.807) is 22.3 Å². The van der Waals surface area contributed by atoms with Crippen LogP contribution in [0.2, 0.25) is 0 Å². The maximum atomic E-state index is 12.0. The first kappa shape index (κ1) is 16.4. The van der Waals surface area contributed by atoms with Gasteiger partial charge in [-0.3, -0.25) is 10.00 Å². The van der Waals surface area contributed by atoms with Crippen molar-refractivity contribution in [2.75, 3.05) is 5.32 Å². The molecule has 0 saturated carbocycles. The zero-order chi connectivity index (χ0) is 15.9. The van der Waals surface area contributed by atoms with Gasteiger partial charge in [0, 0.05) is 10.9 Å². The molecule has 0 saturated heterocycles. The maximum absolute atomic E-state index is 12.0. The third-order valence-corrected chi connectivity index (χ3v) is 4.27. The summed E-state index contributed by atoms with van der Waals surface area (Å²) in [5.74, 6) is 0. The van der Waals surface area contributed by atoms with E-state index in [9.17, 15) is 4.79 Å². The van der Waals surface area contributed by atoms with Gasteiger partial charge in [-0.1, -0.05) is 20.3 Å². The number of amides is 2. The highest BCUT2D eigenvalue weighted by Gasteiger charge is 2.13. The van der Waals surface area contributed by atoms with Crippen LogP contribution in [0.3, 0.4) is 0 Å². The topological polar surface area (TPSA) is 84.7 Å². The van der Waals surface area contributed by atoms with E-state index in [1.807, 2.05) is 6.92 Å². The number of nitrogens with one attached hydrogen (secondary N) is 2. The van der Waals surface area contributed by atoms with Crippen LogP contribution >= 0.6 is 11.3 Å². The number of hydrogen-bond donors (Lipinski definition) is 2. The SMILES string of the molecule is CCCc1nc(NC(=O)N[C@H](C)Cn2cncn2)sc1CC. The lowest BCUT2D eigenvalue weighted by Gasteiger charge is -2.13. The Balaban J connectivity index is 1.88. The van der Waals surface area contributed by atoms with Gasteiger partial charge in [-0.25, -0.2) is 14.8 Å². The highest BCUT2D eigenvalue weighted by atomic mass is 32.1. The summed E-state index contributed by atoms with van der Waals surface area (Å²) in [4.78, 5) is 21.7. The minimum atomic E-state index is -0.243. The molecule has 2 heterocycles. The van der Waals surface area contributed by atoms with E-state index >= 15 is 0 Å². The van der Waals surface area contributed by atoms with Gasteiger partial charge in [-0.2, -0.15) is 5.10 Å². The molecule has 2 N–H and O–H groups in total. The van der Waals surface area contributed by atoms with Crippen LogP contribution in [-0.4, -0.2) is 31.8 Å². The van der Waals surface area contributed by atoms with Crippen molar-refractivity contribution < 1.29 is 4.79 Å². The van der Waals surface area contributed by atoms with Gasteiger partial charge in [0.05, 0.1) is 12.2 Å². The Bertz CT molecular complexity index is 595. The van der Waals surface area contributed by atoms with Crippen LogP contribution in [0.25, 0.3) is 0 Å². The predicted octanol–water partition coefficient (Wildman–Crippen LogP) is 2.46. The molecule has 0 aliphatic rings. The van der Waals surface area contributed by atoms with Gasteiger partial charge in [0.1, 0.15) is 12.7 Å². The Morgan fingerprint density at radius 1 is 1.45 bits per heavy atom. The second-order valence-electron chi connectivity index (χ2n) is 5.11. The number of urea groups is 1. The molecule has 0 aliphatic carbocycles. The first-order chi connectivity index (χ1) is 10.6. The highest BCUT2D eigenvalue weighted by Crippen LogP contribution is 2.24. The van der Waals surface area contributed by atoms with E-state index in [1.165, 1.54) is 11.2 Å². The first-order valence-electron chi connectivity index (χ1n) is 7.50. The monoisotopic (exact) mass is 322 g/mol. The van der Waals surface area contributed by atoms with Crippen molar-refractivity contribution in [1.82, 2.24) is 25.1 Å². The third-order valence-electron chi connectivity index (χ3n) is 3.11. The van der Waals surface area contributed by atoms with Crippen LogP contribution in [-0.2, 0) is 19.4 Å². The lowest BCUT2D eigenvalue weighted by atomic mass is 10.2. The molecular formula is C14H22N6OS. The largest absolute Gasteiger partial charge is 0.333 e. The number of nitrogens with zero attached hydrogens (tertiary/aromatic N) is 4. The van der Waals surface area contributed by atoms with Crippen molar-refractivity contribution in [1.29, 1.82) is 0 Å². The lowest BCUT2D eigenvalue weighted by molar-refractivity contribution is 0.247. The average molecular weight is 322 g/mol. The molecule has 0 spiro atoms. The summed E-state index contributed by atoms with van der Waals surface area (Å²) in [5.41, 5.74) is 1.10. The molecule has 22 heavy (non-hydrogen) atoms. The van der Waals surface area contributed by atoms with Crippen LogP contribution in [0.5, 0.6) is 0 Å². The number of carbonyl (C=O) groups is 1. The molecule has 0 bridgehead atoms. The number of anilines is 1. The van der Waals surface area contributed by atoms with Crippen molar-refractivity contribution in [3.8, 4) is 0 Å². The minimum Gasteiger partial charge on any atom is -0.333 e.